The Kier molecular flexibility index (Phi) is 5.24. The Labute approximate surface area is 169 Å². The SMILES string of the molecule is CCC[C@H]1[C@H]2[C@@H](c3ccccc3[C@H]1C[N+](=O)[O-])[C@H](C(=O)O)ON2c1ccccc1. The molecule has 2 aromatic rings. The Balaban J connectivity index is 1.89. The molecule has 152 valence electrons. The van der Waals surface area contributed by atoms with Gasteiger partial charge < -0.3 is 5.11 Å². The van der Waals surface area contributed by atoms with Crippen molar-refractivity contribution in [2.24, 2.45) is 5.92 Å². The lowest BCUT2D eigenvalue weighted by molar-refractivity contribution is -0.485. The minimum Gasteiger partial charge on any atom is -0.479 e. The summed E-state index contributed by atoms with van der Waals surface area (Å²) in [6, 6.07) is 16.7. The van der Waals surface area contributed by atoms with E-state index in [0.717, 1.165) is 29.7 Å². The van der Waals surface area contributed by atoms with Gasteiger partial charge in [0.05, 0.1) is 17.6 Å². The number of benzene rings is 2. The second-order valence-corrected chi connectivity index (χ2v) is 7.75. The molecule has 5 atom stereocenters. The molecular weight excluding hydrogens is 372 g/mol. The Morgan fingerprint density at radius 3 is 2.41 bits per heavy atom. The van der Waals surface area contributed by atoms with E-state index in [-0.39, 0.29) is 35.3 Å². The van der Waals surface area contributed by atoms with Crippen molar-refractivity contribution in [1.82, 2.24) is 0 Å². The number of hydrogen-bond donors (Lipinski definition) is 1. The molecule has 0 amide bonds. The monoisotopic (exact) mass is 396 g/mol. The van der Waals surface area contributed by atoms with Gasteiger partial charge in [-0.05, 0) is 35.6 Å². The molecule has 7 nitrogen and oxygen atoms in total. The highest BCUT2D eigenvalue weighted by atomic mass is 16.7. The summed E-state index contributed by atoms with van der Waals surface area (Å²) in [6.07, 6.45) is 0.578. The van der Waals surface area contributed by atoms with E-state index in [1.165, 1.54) is 0 Å². The van der Waals surface area contributed by atoms with E-state index in [1.54, 1.807) is 5.06 Å². The molecule has 1 saturated heterocycles. The fourth-order valence-electron chi connectivity index (χ4n) is 5.10. The van der Waals surface area contributed by atoms with Crippen LogP contribution in [-0.4, -0.2) is 34.7 Å². The summed E-state index contributed by atoms with van der Waals surface area (Å²) in [5.41, 5.74) is 2.50. The molecule has 2 aromatic carbocycles. The molecule has 1 N–H and O–H groups in total. The van der Waals surface area contributed by atoms with Crippen LogP contribution in [0.5, 0.6) is 0 Å². The molecule has 29 heavy (non-hydrogen) atoms. The molecule has 2 aliphatic rings. The first kappa shape index (κ1) is 19.4. The number of carboxylic acids is 1. The summed E-state index contributed by atoms with van der Waals surface area (Å²) < 4.78 is 0. The molecule has 1 aliphatic heterocycles. The lowest BCUT2D eigenvalue weighted by Crippen LogP contribution is -2.46. The first-order valence-electron chi connectivity index (χ1n) is 9.97. The fourth-order valence-corrected chi connectivity index (χ4v) is 5.10. The van der Waals surface area contributed by atoms with E-state index >= 15 is 0 Å². The van der Waals surface area contributed by atoms with Crippen LogP contribution in [-0.2, 0) is 9.63 Å². The first-order chi connectivity index (χ1) is 14.0. The summed E-state index contributed by atoms with van der Waals surface area (Å²) in [5.74, 6) is -1.78. The second kappa shape index (κ2) is 7.83. The third-order valence-corrected chi connectivity index (χ3v) is 6.12. The predicted octanol–water partition coefficient (Wildman–Crippen LogP) is 3.83. The quantitative estimate of drug-likeness (QED) is 0.589. The maximum absolute atomic E-state index is 12.1. The number of hydroxylamine groups is 1. The van der Waals surface area contributed by atoms with Crippen molar-refractivity contribution in [3.05, 3.63) is 75.8 Å². The number of carbonyl (C=O) groups is 1. The topological polar surface area (TPSA) is 92.9 Å². The normalized spacial score (nSPS) is 27.9. The summed E-state index contributed by atoms with van der Waals surface area (Å²) >= 11 is 0. The van der Waals surface area contributed by atoms with Crippen LogP contribution in [0.1, 0.15) is 42.7 Å². The molecule has 0 saturated carbocycles. The maximum atomic E-state index is 12.1. The summed E-state index contributed by atoms with van der Waals surface area (Å²) in [6.45, 7) is 1.88. The van der Waals surface area contributed by atoms with Gasteiger partial charge in [0.15, 0.2) is 6.10 Å². The zero-order valence-corrected chi connectivity index (χ0v) is 16.2. The third kappa shape index (κ3) is 3.35. The van der Waals surface area contributed by atoms with Gasteiger partial charge in [0.25, 0.3) is 0 Å². The molecule has 7 heteroatoms. The van der Waals surface area contributed by atoms with Crippen molar-refractivity contribution in [1.29, 1.82) is 0 Å². The van der Waals surface area contributed by atoms with Crippen molar-refractivity contribution >= 4 is 11.7 Å². The Bertz CT molecular complexity index is 903. The second-order valence-electron chi connectivity index (χ2n) is 7.75. The van der Waals surface area contributed by atoms with Crippen LogP contribution in [0.25, 0.3) is 0 Å². The van der Waals surface area contributed by atoms with Gasteiger partial charge in [0, 0.05) is 10.8 Å². The number of para-hydroxylation sites is 1. The smallest absolute Gasteiger partial charge is 0.336 e. The van der Waals surface area contributed by atoms with Gasteiger partial charge in [-0.1, -0.05) is 55.8 Å². The van der Waals surface area contributed by atoms with Crippen LogP contribution in [0.4, 0.5) is 5.69 Å². The highest BCUT2D eigenvalue weighted by Gasteiger charge is 2.56. The summed E-state index contributed by atoms with van der Waals surface area (Å²) in [5, 5.41) is 23.1. The van der Waals surface area contributed by atoms with Gasteiger partial charge in [-0.2, -0.15) is 0 Å². The lowest BCUT2D eigenvalue weighted by atomic mass is 9.64. The van der Waals surface area contributed by atoms with Crippen molar-refractivity contribution in [2.75, 3.05) is 11.6 Å². The minimum absolute atomic E-state index is 0.0881. The van der Waals surface area contributed by atoms with E-state index in [2.05, 4.69) is 6.92 Å². The van der Waals surface area contributed by atoms with Crippen LogP contribution in [0.2, 0.25) is 0 Å². The largest absolute Gasteiger partial charge is 0.479 e. The maximum Gasteiger partial charge on any atom is 0.336 e. The van der Waals surface area contributed by atoms with Gasteiger partial charge in [0.2, 0.25) is 6.54 Å². The van der Waals surface area contributed by atoms with Crippen molar-refractivity contribution in [3.63, 3.8) is 0 Å². The first-order valence-corrected chi connectivity index (χ1v) is 9.97. The molecular formula is C22H24N2O5. The number of carboxylic acid groups (broad SMARTS) is 1. The fraction of sp³-hybridized carbons (Fsp3) is 0.409. The molecule has 1 aliphatic carbocycles. The van der Waals surface area contributed by atoms with Crippen LogP contribution >= 0.6 is 0 Å². The number of anilines is 1. The van der Waals surface area contributed by atoms with Gasteiger partial charge in [-0.25, -0.2) is 9.86 Å². The Morgan fingerprint density at radius 1 is 1.14 bits per heavy atom. The average molecular weight is 396 g/mol. The van der Waals surface area contributed by atoms with E-state index in [4.69, 9.17) is 4.84 Å². The lowest BCUT2D eigenvalue weighted by Gasteiger charge is -2.42. The number of rotatable bonds is 6. The van der Waals surface area contributed by atoms with E-state index in [9.17, 15) is 20.0 Å². The zero-order valence-electron chi connectivity index (χ0n) is 16.2. The molecule has 0 unspecified atom stereocenters. The van der Waals surface area contributed by atoms with E-state index in [1.807, 2.05) is 54.6 Å². The summed E-state index contributed by atoms with van der Waals surface area (Å²) in [7, 11) is 0. The van der Waals surface area contributed by atoms with Crippen molar-refractivity contribution in [3.8, 4) is 0 Å². The standard InChI is InChI=1S/C22H24N2O5/c1-2-8-17-18(13-23(27)28)15-11-6-7-12-16(15)19-20(17)24(29-21(19)22(25)26)14-9-4-3-5-10-14/h3-7,9-12,17-21H,2,8,13H2,1H3,(H,25,26)/t17-,18-,19-,20+,21-/m1/s1. The Morgan fingerprint density at radius 2 is 1.79 bits per heavy atom. The molecule has 1 fully saturated rings. The number of aliphatic carboxylic acids is 1. The molecule has 0 aromatic heterocycles. The van der Waals surface area contributed by atoms with Gasteiger partial charge >= 0.3 is 5.97 Å². The predicted molar refractivity (Wildman–Crippen MR) is 107 cm³/mol. The third-order valence-electron chi connectivity index (χ3n) is 6.12. The highest BCUT2D eigenvalue weighted by molar-refractivity contribution is 5.76. The average Bonchev–Trinajstić information content (AvgIpc) is 3.12. The highest BCUT2D eigenvalue weighted by Crippen LogP contribution is 2.53. The summed E-state index contributed by atoms with van der Waals surface area (Å²) in [4.78, 5) is 29.4. The van der Waals surface area contributed by atoms with E-state index in [0.29, 0.717) is 0 Å². The van der Waals surface area contributed by atoms with Crippen molar-refractivity contribution in [2.45, 2.75) is 43.7 Å². The van der Waals surface area contributed by atoms with Crippen LogP contribution < -0.4 is 5.06 Å². The van der Waals surface area contributed by atoms with Gasteiger partial charge in [-0.15, -0.1) is 0 Å². The molecule has 0 spiro atoms. The molecule has 4 rings (SSSR count). The van der Waals surface area contributed by atoms with Crippen LogP contribution in [0.3, 0.4) is 0 Å². The van der Waals surface area contributed by atoms with Crippen molar-refractivity contribution < 1.29 is 19.7 Å². The number of hydrogen-bond acceptors (Lipinski definition) is 5. The zero-order chi connectivity index (χ0) is 20.5. The number of nitrogens with zero attached hydrogens (tertiary/aromatic N) is 2. The minimum atomic E-state index is -1.03. The van der Waals surface area contributed by atoms with Crippen LogP contribution in [0.15, 0.2) is 54.6 Å². The number of nitro groups is 1. The van der Waals surface area contributed by atoms with Crippen LogP contribution in [0, 0.1) is 16.0 Å². The molecule has 1 heterocycles. The van der Waals surface area contributed by atoms with Gasteiger partial charge in [0.1, 0.15) is 0 Å². The Hall–Kier alpha value is -2.93. The molecule has 0 bridgehead atoms. The number of fused-ring (bicyclic) bond motifs is 3. The molecule has 0 radical (unpaired) electrons. The van der Waals surface area contributed by atoms with E-state index < -0.39 is 12.1 Å². The van der Waals surface area contributed by atoms with Gasteiger partial charge in [-0.3, -0.25) is 15.0 Å².